The molecule has 1 saturated heterocycles. The molecule has 2 heterocycles. The SMILES string of the molecule is Cc1nc(Nc2ccc(F)c(F)c2F)cc(N2CCN(C=O)CC2)n1. The Hall–Kier alpha value is -2.84. The molecular formula is C16H16F3N5O. The minimum Gasteiger partial charge on any atom is -0.353 e. The molecule has 25 heavy (non-hydrogen) atoms. The van der Waals surface area contributed by atoms with E-state index in [1.807, 2.05) is 4.90 Å². The van der Waals surface area contributed by atoms with Crippen molar-refractivity contribution in [1.82, 2.24) is 14.9 Å². The number of halogens is 3. The number of aromatic nitrogens is 2. The van der Waals surface area contributed by atoms with Gasteiger partial charge in [0, 0.05) is 32.2 Å². The van der Waals surface area contributed by atoms with Gasteiger partial charge in [-0.15, -0.1) is 0 Å². The number of carbonyl (C=O) groups excluding carboxylic acids is 1. The van der Waals surface area contributed by atoms with Crippen molar-refractivity contribution in [3.05, 3.63) is 41.5 Å². The molecule has 1 aromatic heterocycles. The van der Waals surface area contributed by atoms with E-state index in [1.54, 1.807) is 17.9 Å². The zero-order chi connectivity index (χ0) is 18.0. The van der Waals surface area contributed by atoms with E-state index in [0.29, 0.717) is 37.8 Å². The average molecular weight is 351 g/mol. The Balaban J connectivity index is 1.83. The summed E-state index contributed by atoms with van der Waals surface area (Å²) < 4.78 is 40.2. The van der Waals surface area contributed by atoms with Crippen LogP contribution in [0.3, 0.4) is 0 Å². The number of hydrogen-bond acceptors (Lipinski definition) is 5. The fourth-order valence-electron chi connectivity index (χ4n) is 2.59. The second kappa shape index (κ2) is 6.96. The topological polar surface area (TPSA) is 61.4 Å². The van der Waals surface area contributed by atoms with Crippen LogP contribution >= 0.6 is 0 Å². The van der Waals surface area contributed by atoms with Crippen LogP contribution in [-0.2, 0) is 4.79 Å². The van der Waals surface area contributed by atoms with Gasteiger partial charge in [-0.05, 0) is 19.1 Å². The summed E-state index contributed by atoms with van der Waals surface area (Å²) >= 11 is 0. The quantitative estimate of drug-likeness (QED) is 0.676. The molecule has 0 unspecified atom stereocenters. The van der Waals surface area contributed by atoms with Crippen LogP contribution in [0.25, 0.3) is 0 Å². The number of amides is 1. The largest absolute Gasteiger partial charge is 0.353 e. The monoisotopic (exact) mass is 351 g/mol. The normalized spacial score (nSPS) is 14.6. The molecular weight excluding hydrogens is 335 g/mol. The number of nitrogens with one attached hydrogen (secondary N) is 1. The third kappa shape index (κ3) is 3.65. The smallest absolute Gasteiger partial charge is 0.209 e. The first kappa shape index (κ1) is 17.0. The lowest BCUT2D eigenvalue weighted by molar-refractivity contribution is -0.118. The maximum atomic E-state index is 13.8. The summed E-state index contributed by atoms with van der Waals surface area (Å²) in [7, 11) is 0. The van der Waals surface area contributed by atoms with Crippen molar-refractivity contribution < 1.29 is 18.0 Å². The highest BCUT2D eigenvalue weighted by molar-refractivity contribution is 5.60. The van der Waals surface area contributed by atoms with Crippen molar-refractivity contribution in [1.29, 1.82) is 0 Å². The van der Waals surface area contributed by atoms with Gasteiger partial charge in [-0.3, -0.25) is 4.79 Å². The van der Waals surface area contributed by atoms with E-state index in [4.69, 9.17) is 0 Å². The van der Waals surface area contributed by atoms with Gasteiger partial charge in [0.25, 0.3) is 0 Å². The average Bonchev–Trinajstić information content (AvgIpc) is 2.62. The molecule has 0 saturated carbocycles. The van der Waals surface area contributed by atoms with Gasteiger partial charge in [-0.25, -0.2) is 23.1 Å². The predicted octanol–water partition coefficient (Wildman–Crippen LogP) is 2.22. The third-order valence-corrected chi connectivity index (χ3v) is 3.91. The summed E-state index contributed by atoms with van der Waals surface area (Å²) in [5, 5.41) is 2.65. The Morgan fingerprint density at radius 3 is 2.48 bits per heavy atom. The number of nitrogens with zero attached hydrogens (tertiary/aromatic N) is 4. The molecule has 0 bridgehead atoms. The molecule has 1 aliphatic heterocycles. The van der Waals surface area contributed by atoms with Crippen LogP contribution in [0, 0.1) is 24.4 Å². The minimum absolute atomic E-state index is 0.214. The highest BCUT2D eigenvalue weighted by Crippen LogP contribution is 2.25. The van der Waals surface area contributed by atoms with Crippen LogP contribution in [0.4, 0.5) is 30.5 Å². The van der Waals surface area contributed by atoms with Crippen molar-refractivity contribution in [2.45, 2.75) is 6.92 Å². The van der Waals surface area contributed by atoms with Gasteiger partial charge < -0.3 is 15.1 Å². The number of aryl methyl sites for hydroxylation is 1. The van der Waals surface area contributed by atoms with Crippen LogP contribution in [-0.4, -0.2) is 47.5 Å². The van der Waals surface area contributed by atoms with Crippen LogP contribution in [0.5, 0.6) is 0 Å². The van der Waals surface area contributed by atoms with Gasteiger partial charge >= 0.3 is 0 Å². The third-order valence-electron chi connectivity index (χ3n) is 3.91. The second-order valence-corrected chi connectivity index (χ2v) is 5.63. The highest BCUT2D eigenvalue weighted by atomic mass is 19.2. The second-order valence-electron chi connectivity index (χ2n) is 5.63. The molecule has 1 aromatic carbocycles. The summed E-state index contributed by atoms with van der Waals surface area (Å²) in [5.74, 6) is -2.77. The van der Waals surface area contributed by atoms with Gasteiger partial charge in [0.15, 0.2) is 17.5 Å². The Labute approximate surface area is 142 Å². The maximum Gasteiger partial charge on any atom is 0.209 e. The fourth-order valence-corrected chi connectivity index (χ4v) is 2.59. The predicted molar refractivity (Wildman–Crippen MR) is 86.2 cm³/mol. The molecule has 1 aliphatic rings. The van der Waals surface area contributed by atoms with Crippen LogP contribution in [0.15, 0.2) is 18.2 Å². The molecule has 132 valence electrons. The van der Waals surface area contributed by atoms with Gasteiger partial charge in [0.2, 0.25) is 6.41 Å². The first-order valence-corrected chi connectivity index (χ1v) is 7.68. The number of hydrogen-bond donors (Lipinski definition) is 1. The van der Waals surface area contributed by atoms with Gasteiger partial charge in [0.1, 0.15) is 17.5 Å². The maximum absolute atomic E-state index is 13.8. The summed E-state index contributed by atoms with van der Waals surface area (Å²) in [6, 6.07) is 3.55. The molecule has 3 rings (SSSR count). The van der Waals surface area contributed by atoms with Crippen molar-refractivity contribution >= 4 is 23.7 Å². The van der Waals surface area contributed by atoms with Crippen molar-refractivity contribution in [2.75, 3.05) is 36.4 Å². The van der Waals surface area contributed by atoms with E-state index in [9.17, 15) is 18.0 Å². The lowest BCUT2D eigenvalue weighted by atomic mass is 10.2. The van der Waals surface area contributed by atoms with E-state index < -0.39 is 17.5 Å². The van der Waals surface area contributed by atoms with Crippen molar-refractivity contribution in [3.8, 4) is 0 Å². The minimum atomic E-state index is -1.54. The summed E-state index contributed by atoms with van der Waals surface area (Å²) in [5.41, 5.74) is -0.214. The van der Waals surface area contributed by atoms with Gasteiger partial charge in [-0.1, -0.05) is 0 Å². The molecule has 1 N–H and O–H groups in total. The van der Waals surface area contributed by atoms with E-state index in [2.05, 4.69) is 15.3 Å². The molecule has 2 aromatic rings. The Kier molecular flexibility index (Phi) is 4.73. The molecule has 1 fully saturated rings. The van der Waals surface area contributed by atoms with Crippen molar-refractivity contribution in [2.24, 2.45) is 0 Å². The molecule has 0 aliphatic carbocycles. The molecule has 9 heteroatoms. The van der Waals surface area contributed by atoms with E-state index in [1.165, 1.54) is 0 Å². The number of rotatable bonds is 4. The molecule has 0 atom stereocenters. The first-order valence-electron chi connectivity index (χ1n) is 7.68. The van der Waals surface area contributed by atoms with Crippen LogP contribution < -0.4 is 10.2 Å². The standard InChI is InChI=1S/C16H16F3N5O/c1-10-20-13(22-12-3-2-11(17)15(18)16(12)19)8-14(21-10)24-6-4-23(9-25)5-7-24/h2-3,8-9H,4-7H2,1H3,(H,20,21,22). The van der Waals surface area contributed by atoms with Gasteiger partial charge in [-0.2, -0.15) is 0 Å². The summed E-state index contributed by atoms with van der Waals surface area (Å²) in [6.07, 6.45) is 0.807. The summed E-state index contributed by atoms with van der Waals surface area (Å²) in [6.45, 7) is 4.04. The molecule has 6 nitrogen and oxygen atoms in total. The molecule has 1 amide bonds. The van der Waals surface area contributed by atoms with E-state index >= 15 is 0 Å². The first-order chi connectivity index (χ1) is 12.0. The lowest BCUT2D eigenvalue weighted by Gasteiger charge is -2.33. The highest BCUT2D eigenvalue weighted by Gasteiger charge is 2.19. The van der Waals surface area contributed by atoms with E-state index in [-0.39, 0.29) is 11.5 Å². The van der Waals surface area contributed by atoms with Crippen molar-refractivity contribution in [3.63, 3.8) is 0 Å². The zero-order valence-corrected chi connectivity index (χ0v) is 13.5. The Bertz CT molecular complexity index is 794. The molecule has 0 spiro atoms. The Morgan fingerprint density at radius 2 is 1.80 bits per heavy atom. The number of benzene rings is 1. The van der Waals surface area contributed by atoms with Crippen LogP contribution in [0.1, 0.15) is 5.82 Å². The number of piperazine rings is 1. The fraction of sp³-hybridized carbons (Fsp3) is 0.312. The van der Waals surface area contributed by atoms with E-state index in [0.717, 1.165) is 18.5 Å². The van der Waals surface area contributed by atoms with Gasteiger partial charge in [0.05, 0.1) is 5.69 Å². The number of anilines is 3. The lowest BCUT2D eigenvalue weighted by Crippen LogP contribution is -2.46. The molecule has 0 radical (unpaired) electrons. The summed E-state index contributed by atoms with van der Waals surface area (Å²) in [4.78, 5) is 22.9. The number of carbonyl (C=O) groups is 1. The zero-order valence-electron chi connectivity index (χ0n) is 13.5. The Morgan fingerprint density at radius 1 is 1.08 bits per heavy atom. The van der Waals surface area contributed by atoms with Crippen LogP contribution in [0.2, 0.25) is 0 Å².